The minimum absolute atomic E-state index is 0.148. The van der Waals surface area contributed by atoms with Crippen LogP contribution in [0.15, 0.2) is 0 Å². The first-order chi connectivity index (χ1) is 5.39. The molecule has 0 spiro atoms. The number of rotatable bonds is 0. The summed E-state index contributed by atoms with van der Waals surface area (Å²) in [6, 6.07) is 0. The van der Waals surface area contributed by atoms with E-state index in [1.807, 2.05) is 6.92 Å². The molecule has 72 valence electrons. The highest BCUT2D eigenvalue weighted by Gasteiger charge is 2.33. The highest BCUT2D eigenvalue weighted by Crippen LogP contribution is 2.31. The molecule has 1 aliphatic rings. The SMILES string of the molecule is CC1CC(O)CC(C(C)(C)C)O1. The fourth-order valence-corrected chi connectivity index (χ4v) is 1.68. The molecule has 0 radical (unpaired) electrons. The lowest BCUT2D eigenvalue weighted by molar-refractivity contribution is -0.127. The van der Waals surface area contributed by atoms with Gasteiger partial charge in [0.2, 0.25) is 0 Å². The summed E-state index contributed by atoms with van der Waals surface area (Å²) in [6.45, 7) is 8.49. The first kappa shape index (κ1) is 10.0. The van der Waals surface area contributed by atoms with Crippen LogP contribution in [0.1, 0.15) is 40.5 Å². The third-order valence-corrected chi connectivity index (χ3v) is 2.45. The minimum Gasteiger partial charge on any atom is -0.393 e. The van der Waals surface area contributed by atoms with Gasteiger partial charge in [0, 0.05) is 6.42 Å². The first-order valence-electron chi connectivity index (χ1n) is 4.73. The van der Waals surface area contributed by atoms with Crippen LogP contribution in [-0.4, -0.2) is 23.4 Å². The molecule has 1 aliphatic heterocycles. The largest absolute Gasteiger partial charge is 0.393 e. The Morgan fingerprint density at radius 2 is 1.83 bits per heavy atom. The highest BCUT2D eigenvalue weighted by atomic mass is 16.5. The van der Waals surface area contributed by atoms with E-state index in [0.29, 0.717) is 0 Å². The summed E-state index contributed by atoms with van der Waals surface area (Å²) in [5, 5.41) is 9.53. The van der Waals surface area contributed by atoms with E-state index in [0.717, 1.165) is 12.8 Å². The molecule has 3 atom stereocenters. The Bertz CT molecular complexity index is 138. The fourth-order valence-electron chi connectivity index (χ4n) is 1.68. The lowest BCUT2D eigenvalue weighted by Gasteiger charge is -2.39. The van der Waals surface area contributed by atoms with Crippen LogP contribution in [0.2, 0.25) is 0 Å². The number of aliphatic hydroxyl groups excluding tert-OH is 1. The van der Waals surface area contributed by atoms with Crippen molar-refractivity contribution in [3.8, 4) is 0 Å². The van der Waals surface area contributed by atoms with Gasteiger partial charge < -0.3 is 9.84 Å². The van der Waals surface area contributed by atoms with Crippen molar-refractivity contribution < 1.29 is 9.84 Å². The maximum Gasteiger partial charge on any atom is 0.0651 e. The second-order valence-corrected chi connectivity index (χ2v) is 4.93. The Balaban J connectivity index is 2.55. The molecule has 2 nitrogen and oxygen atoms in total. The molecule has 1 rings (SSSR count). The normalized spacial score (nSPS) is 38.2. The number of hydrogen-bond donors (Lipinski definition) is 1. The summed E-state index contributed by atoms with van der Waals surface area (Å²) in [5.74, 6) is 0. The van der Waals surface area contributed by atoms with Gasteiger partial charge in [-0.3, -0.25) is 0 Å². The van der Waals surface area contributed by atoms with Crippen molar-refractivity contribution in [1.29, 1.82) is 0 Å². The standard InChI is InChI=1S/C10H20O2/c1-7-5-8(11)6-9(12-7)10(2,3)4/h7-9,11H,5-6H2,1-4H3. The molecule has 0 amide bonds. The number of hydrogen-bond acceptors (Lipinski definition) is 2. The molecule has 0 saturated carbocycles. The maximum atomic E-state index is 9.53. The van der Waals surface area contributed by atoms with Gasteiger partial charge in [-0.05, 0) is 18.8 Å². The summed E-state index contributed by atoms with van der Waals surface area (Å²) in [7, 11) is 0. The Labute approximate surface area is 74.9 Å². The van der Waals surface area contributed by atoms with E-state index in [9.17, 15) is 5.11 Å². The van der Waals surface area contributed by atoms with Crippen molar-refractivity contribution in [3.05, 3.63) is 0 Å². The van der Waals surface area contributed by atoms with Crippen molar-refractivity contribution in [1.82, 2.24) is 0 Å². The average Bonchev–Trinajstić information content (AvgIpc) is 1.82. The van der Waals surface area contributed by atoms with Crippen molar-refractivity contribution in [3.63, 3.8) is 0 Å². The van der Waals surface area contributed by atoms with Gasteiger partial charge in [-0.25, -0.2) is 0 Å². The zero-order chi connectivity index (χ0) is 9.35. The summed E-state index contributed by atoms with van der Waals surface area (Å²) in [4.78, 5) is 0. The van der Waals surface area contributed by atoms with E-state index < -0.39 is 0 Å². The Morgan fingerprint density at radius 1 is 1.25 bits per heavy atom. The molecule has 1 heterocycles. The second-order valence-electron chi connectivity index (χ2n) is 4.93. The van der Waals surface area contributed by atoms with Gasteiger partial charge >= 0.3 is 0 Å². The topological polar surface area (TPSA) is 29.5 Å². The van der Waals surface area contributed by atoms with Gasteiger partial charge in [0.1, 0.15) is 0 Å². The summed E-state index contributed by atoms with van der Waals surface area (Å²) in [6.07, 6.45) is 1.81. The van der Waals surface area contributed by atoms with E-state index in [-0.39, 0.29) is 23.7 Å². The lowest BCUT2D eigenvalue weighted by Crippen LogP contribution is -2.41. The summed E-state index contributed by atoms with van der Waals surface area (Å²) < 4.78 is 5.76. The quantitative estimate of drug-likeness (QED) is 0.605. The van der Waals surface area contributed by atoms with Crippen LogP contribution in [0.25, 0.3) is 0 Å². The van der Waals surface area contributed by atoms with Crippen LogP contribution in [0.5, 0.6) is 0 Å². The minimum atomic E-state index is -0.169. The molecule has 1 fully saturated rings. The van der Waals surface area contributed by atoms with Crippen molar-refractivity contribution >= 4 is 0 Å². The Hall–Kier alpha value is -0.0800. The van der Waals surface area contributed by atoms with Gasteiger partial charge in [-0.15, -0.1) is 0 Å². The second kappa shape index (κ2) is 3.35. The van der Waals surface area contributed by atoms with Gasteiger partial charge in [0.25, 0.3) is 0 Å². The third kappa shape index (κ3) is 2.46. The summed E-state index contributed by atoms with van der Waals surface area (Å²) in [5.41, 5.74) is 0.148. The zero-order valence-electron chi connectivity index (χ0n) is 8.50. The molecule has 12 heavy (non-hydrogen) atoms. The number of aliphatic hydroxyl groups is 1. The molecular weight excluding hydrogens is 152 g/mol. The molecule has 0 aliphatic carbocycles. The van der Waals surface area contributed by atoms with E-state index in [4.69, 9.17) is 4.74 Å². The maximum absolute atomic E-state index is 9.53. The van der Waals surface area contributed by atoms with Gasteiger partial charge in [0.05, 0.1) is 18.3 Å². The fraction of sp³-hybridized carbons (Fsp3) is 1.00. The Kier molecular flexibility index (Phi) is 2.79. The van der Waals surface area contributed by atoms with E-state index in [1.165, 1.54) is 0 Å². The predicted octanol–water partition coefficient (Wildman–Crippen LogP) is 1.96. The molecule has 0 aromatic rings. The lowest BCUT2D eigenvalue weighted by atomic mass is 9.83. The molecule has 2 heteroatoms. The van der Waals surface area contributed by atoms with Crippen LogP contribution in [0.3, 0.4) is 0 Å². The average molecular weight is 172 g/mol. The van der Waals surface area contributed by atoms with Crippen molar-refractivity contribution in [2.45, 2.75) is 58.8 Å². The van der Waals surface area contributed by atoms with E-state index >= 15 is 0 Å². The number of ether oxygens (including phenoxy) is 1. The van der Waals surface area contributed by atoms with E-state index in [2.05, 4.69) is 20.8 Å². The monoisotopic (exact) mass is 172 g/mol. The molecular formula is C10H20O2. The Morgan fingerprint density at radius 3 is 2.25 bits per heavy atom. The van der Waals surface area contributed by atoms with Gasteiger partial charge in [0.15, 0.2) is 0 Å². The summed E-state index contributed by atoms with van der Waals surface area (Å²) >= 11 is 0. The third-order valence-electron chi connectivity index (χ3n) is 2.45. The first-order valence-corrected chi connectivity index (χ1v) is 4.73. The molecule has 1 N–H and O–H groups in total. The molecule has 0 aromatic heterocycles. The zero-order valence-corrected chi connectivity index (χ0v) is 8.50. The van der Waals surface area contributed by atoms with Crippen molar-refractivity contribution in [2.75, 3.05) is 0 Å². The van der Waals surface area contributed by atoms with E-state index in [1.54, 1.807) is 0 Å². The van der Waals surface area contributed by atoms with Crippen LogP contribution in [-0.2, 0) is 4.74 Å². The highest BCUT2D eigenvalue weighted by molar-refractivity contribution is 4.82. The molecule has 0 bridgehead atoms. The molecule has 3 unspecified atom stereocenters. The smallest absolute Gasteiger partial charge is 0.0651 e. The van der Waals surface area contributed by atoms with Crippen LogP contribution in [0.4, 0.5) is 0 Å². The van der Waals surface area contributed by atoms with Gasteiger partial charge in [-0.2, -0.15) is 0 Å². The predicted molar refractivity (Wildman–Crippen MR) is 49.0 cm³/mol. The van der Waals surface area contributed by atoms with Crippen LogP contribution >= 0.6 is 0 Å². The van der Waals surface area contributed by atoms with Crippen LogP contribution in [0, 0.1) is 5.41 Å². The van der Waals surface area contributed by atoms with Crippen molar-refractivity contribution in [2.24, 2.45) is 5.41 Å². The van der Waals surface area contributed by atoms with Gasteiger partial charge in [-0.1, -0.05) is 20.8 Å². The molecule has 1 saturated heterocycles. The molecule has 0 aromatic carbocycles. The van der Waals surface area contributed by atoms with Crippen LogP contribution < -0.4 is 0 Å².